The summed E-state index contributed by atoms with van der Waals surface area (Å²) in [4.78, 5) is 37.1. The molecule has 0 bridgehead atoms. The van der Waals surface area contributed by atoms with Crippen molar-refractivity contribution in [2.75, 3.05) is 18.8 Å². The Morgan fingerprint density at radius 2 is 1.96 bits per heavy atom. The van der Waals surface area contributed by atoms with Crippen molar-refractivity contribution in [3.63, 3.8) is 0 Å². The molecule has 1 aromatic carbocycles. The topological polar surface area (TPSA) is 125 Å². The van der Waals surface area contributed by atoms with E-state index in [9.17, 15) is 19.7 Å². The van der Waals surface area contributed by atoms with Crippen LogP contribution in [0, 0.1) is 16.0 Å². The molecule has 9 heteroatoms. The molecule has 1 unspecified atom stereocenters. The molecule has 3 rings (SSSR count). The van der Waals surface area contributed by atoms with Crippen molar-refractivity contribution in [2.45, 2.75) is 51.7 Å². The highest BCUT2D eigenvalue weighted by atomic mass is 16.6. The minimum Gasteiger partial charge on any atom is -0.482 e. The third kappa shape index (κ3) is 4.02. The van der Waals surface area contributed by atoms with E-state index in [0.29, 0.717) is 25.9 Å². The average Bonchev–Trinajstić information content (AvgIpc) is 2.59. The van der Waals surface area contributed by atoms with E-state index in [2.05, 4.69) is 0 Å². The standard InChI is InChI=1S/C19H25N3O6/c1-19(2,3)28-18(24)21-8-6-11(7-9-21)15-10-14(23)12-4-5-13(20)16(22(25)26)17(12)27-15/h4-5,11,15H,6-10,20H2,1-3H3. The summed E-state index contributed by atoms with van der Waals surface area (Å²) >= 11 is 0. The number of likely N-dealkylation sites (tertiary alicyclic amines) is 1. The number of ether oxygens (including phenoxy) is 2. The Balaban J connectivity index is 1.71. The van der Waals surface area contributed by atoms with Gasteiger partial charge in [-0.05, 0) is 51.7 Å². The number of fused-ring (bicyclic) bond motifs is 1. The molecule has 9 nitrogen and oxygen atoms in total. The summed E-state index contributed by atoms with van der Waals surface area (Å²) in [5.41, 5.74) is 4.97. The molecule has 1 atom stereocenters. The molecule has 0 aliphatic carbocycles. The van der Waals surface area contributed by atoms with E-state index in [1.165, 1.54) is 12.1 Å². The molecule has 1 saturated heterocycles. The van der Waals surface area contributed by atoms with Crippen LogP contribution in [0.1, 0.15) is 50.4 Å². The molecule has 0 radical (unpaired) electrons. The number of rotatable bonds is 2. The van der Waals surface area contributed by atoms with Crippen molar-refractivity contribution >= 4 is 23.3 Å². The number of nitrogens with zero attached hydrogens (tertiary/aromatic N) is 2. The van der Waals surface area contributed by atoms with Crippen LogP contribution in [0.2, 0.25) is 0 Å². The predicted octanol–water partition coefficient (Wildman–Crippen LogP) is 3.16. The van der Waals surface area contributed by atoms with Crippen LogP contribution in [-0.4, -0.2) is 46.5 Å². The molecule has 1 aromatic rings. The lowest BCUT2D eigenvalue weighted by Crippen LogP contribution is -2.45. The van der Waals surface area contributed by atoms with Gasteiger partial charge in [-0.3, -0.25) is 14.9 Å². The highest BCUT2D eigenvalue weighted by Crippen LogP contribution is 2.42. The summed E-state index contributed by atoms with van der Waals surface area (Å²) in [6.07, 6.45) is 0.581. The fourth-order valence-electron chi connectivity index (χ4n) is 3.64. The van der Waals surface area contributed by atoms with E-state index >= 15 is 0 Å². The number of benzene rings is 1. The second kappa shape index (κ2) is 7.29. The molecule has 152 valence electrons. The molecule has 0 saturated carbocycles. The van der Waals surface area contributed by atoms with Crippen LogP contribution in [0.25, 0.3) is 0 Å². The quantitative estimate of drug-likeness (QED) is 0.466. The maximum atomic E-state index is 12.5. The summed E-state index contributed by atoms with van der Waals surface area (Å²) in [5, 5.41) is 11.4. The Kier molecular flexibility index (Phi) is 5.18. The zero-order valence-corrected chi connectivity index (χ0v) is 16.3. The molecular weight excluding hydrogens is 366 g/mol. The first-order valence-corrected chi connectivity index (χ1v) is 9.31. The maximum absolute atomic E-state index is 12.5. The summed E-state index contributed by atoms with van der Waals surface area (Å²) in [5.74, 6) is -0.221. The number of carbonyl (C=O) groups excluding carboxylic acids is 2. The Hall–Kier alpha value is -2.84. The molecule has 1 fully saturated rings. The zero-order valence-electron chi connectivity index (χ0n) is 16.3. The number of nitro benzene ring substituents is 1. The van der Waals surface area contributed by atoms with E-state index < -0.39 is 16.6 Å². The number of nitrogen functional groups attached to an aromatic ring is 1. The highest BCUT2D eigenvalue weighted by molar-refractivity contribution is 6.02. The summed E-state index contributed by atoms with van der Waals surface area (Å²) in [7, 11) is 0. The first kappa shape index (κ1) is 19.9. The monoisotopic (exact) mass is 391 g/mol. The summed E-state index contributed by atoms with van der Waals surface area (Å²) in [6.45, 7) is 6.42. The molecule has 2 N–H and O–H groups in total. The Bertz CT molecular complexity index is 809. The maximum Gasteiger partial charge on any atom is 0.410 e. The van der Waals surface area contributed by atoms with Gasteiger partial charge in [0.15, 0.2) is 5.78 Å². The van der Waals surface area contributed by atoms with Gasteiger partial charge in [0, 0.05) is 19.5 Å². The van der Waals surface area contributed by atoms with Crippen LogP contribution in [0.5, 0.6) is 5.75 Å². The molecule has 1 amide bonds. The van der Waals surface area contributed by atoms with Crippen molar-refractivity contribution < 1.29 is 24.0 Å². The minimum atomic E-state index is -0.616. The number of anilines is 1. The van der Waals surface area contributed by atoms with Crippen molar-refractivity contribution in [3.8, 4) is 5.75 Å². The van der Waals surface area contributed by atoms with E-state index in [1.807, 2.05) is 20.8 Å². The highest BCUT2D eigenvalue weighted by Gasteiger charge is 2.39. The van der Waals surface area contributed by atoms with Gasteiger partial charge in [0.05, 0.1) is 10.5 Å². The van der Waals surface area contributed by atoms with Gasteiger partial charge in [0.1, 0.15) is 17.4 Å². The van der Waals surface area contributed by atoms with Gasteiger partial charge in [-0.1, -0.05) is 0 Å². The minimum absolute atomic E-state index is 0.0109. The third-order valence-electron chi connectivity index (χ3n) is 5.02. The number of piperidine rings is 1. The van der Waals surface area contributed by atoms with Crippen molar-refractivity contribution in [2.24, 2.45) is 5.92 Å². The van der Waals surface area contributed by atoms with E-state index in [0.717, 1.165) is 0 Å². The molecular formula is C19H25N3O6. The SMILES string of the molecule is CC(C)(C)OC(=O)N1CCC(C2CC(=O)c3ccc(N)c([N+](=O)[O-])c3O2)CC1. The summed E-state index contributed by atoms with van der Waals surface area (Å²) in [6, 6.07) is 2.83. The van der Waals surface area contributed by atoms with E-state index in [1.54, 1.807) is 4.90 Å². The second-order valence-corrected chi connectivity index (χ2v) is 8.23. The second-order valence-electron chi connectivity index (χ2n) is 8.23. The number of nitro groups is 1. The summed E-state index contributed by atoms with van der Waals surface area (Å²) < 4.78 is 11.3. The predicted molar refractivity (Wildman–Crippen MR) is 101 cm³/mol. The first-order valence-electron chi connectivity index (χ1n) is 9.31. The fraction of sp³-hybridized carbons (Fsp3) is 0.579. The van der Waals surface area contributed by atoms with Crippen LogP contribution in [0.3, 0.4) is 0 Å². The third-order valence-corrected chi connectivity index (χ3v) is 5.02. The average molecular weight is 391 g/mol. The number of ketones is 1. The molecule has 2 aliphatic rings. The van der Waals surface area contributed by atoms with Crippen LogP contribution < -0.4 is 10.5 Å². The smallest absolute Gasteiger partial charge is 0.410 e. The van der Waals surface area contributed by atoms with E-state index in [-0.39, 0.29) is 46.9 Å². The largest absolute Gasteiger partial charge is 0.482 e. The number of amides is 1. The molecule has 0 spiro atoms. The molecule has 28 heavy (non-hydrogen) atoms. The van der Waals surface area contributed by atoms with Gasteiger partial charge < -0.3 is 20.1 Å². The number of hydrogen-bond acceptors (Lipinski definition) is 7. The molecule has 0 aromatic heterocycles. The van der Waals surface area contributed by atoms with Gasteiger partial charge in [0.2, 0.25) is 5.75 Å². The lowest BCUT2D eigenvalue weighted by molar-refractivity contribution is -0.385. The first-order chi connectivity index (χ1) is 13.1. The van der Waals surface area contributed by atoms with Crippen molar-refractivity contribution in [3.05, 3.63) is 27.8 Å². The number of Topliss-reactive ketones (excluding diaryl/α,β-unsaturated/α-hetero) is 1. The Morgan fingerprint density at radius 1 is 1.32 bits per heavy atom. The Morgan fingerprint density at radius 3 is 2.54 bits per heavy atom. The van der Waals surface area contributed by atoms with Gasteiger partial charge in [0.25, 0.3) is 0 Å². The van der Waals surface area contributed by atoms with E-state index in [4.69, 9.17) is 15.2 Å². The van der Waals surface area contributed by atoms with Crippen LogP contribution >= 0.6 is 0 Å². The lowest BCUT2D eigenvalue weighted by Gasteiger charge is -2.37. The lowest BCUT2D eigenvalue weighted by atomic mass is 9.86. The number of nitrogens with two attached hydrogens (primary N) is 1. The Labute approximate surface area is 162 Å². The van der Waals surface area contributed by atoms with Gasteiger partial charge >= 0.3 is 11.8 Å². The number of hydrogen-bond donors (Lipinski definition) is 1. The fourth-order valence-corrected chi connectivity index (χ4v) is 3.64. The molecule has 2 aliphatic heterocycles. The van der Waals surface area contributed by atoms with Crippen molar-refractivity contribution in [1.29, 1.82) is 0 Å². The van der Waals surface area contributed by atoms with Gasteiger partial charge in [-0.15, -0.1) is 0 Å². The zero-order chi connectivity index (χ0) is 20.6. The normalized spacial score (nSPS) is 20.3. The van der Waals surface area contributed by atoms with Gasteiger partial charge in [-0.2, -0.15) is 0 Å². The van der Waals surface area contributed by atoms with Crippen LogP contribution in [0.4, 0.5) is 16.2 Å². The van der Waals surface area contributed by atoms with Gasteiger partial charge in [-0.25, -0.2) is 4.79 Å². The van der Waals surface area contributed by atoms with Crippen LogP contribution in [0.15, 0.2) is 12.1 Å². The van der Waals surface area contributed by atoms with Crippen molar-refractivity contribution in [1.82, 2.24) is 4.90 Å². The molecule has 2 heterocycles. The number of carbonyl (C=O) groups is 2. The van der Waals surface area contributed by atoms with Crippen LogP contribution in [-0.2, 0) is 4.74 Å².